The molecule has 16 aliphatic carbocycles. The second-order valence-corrected chi connectivity index (χ2v) is 45.3. The van der Waals surface area contributed by atoms with Crippen LogP contribution in [0.5, 0.6) is 0 Å². The Bertz CT molecular complexity index is 1740. The van der Waals surface area contributed by atoms with Gasteiger partial charge in [-0.05, 0) is 252 Å². The SMILES string of the molecule is C[Si](C)(C)c1cc(CP(C23CC4CC(CC(C4)C2)C3)C23CC4CC(CC(C4)C2)C3)c(CP(C23CC4CC(CC(C4)C2)C3)C23CC4CC(CC(C4)C2)C3)[c-]1[Si](C)(C)C.[Fe+2].c1cc[cH-]c1. The maximum atomic E-state index is 3.12. The second kappa shape index (κ2) is 15.8. The molecule has 346 valence electrons. The van der Waals surface area contributed by atoms with Crippen molar-refractivity contribution in [2.45, 2.75) is 226 Å². The number of rotatable bonds is 10. The van der Waals surface area contributed by atoms with Crippen LogP contribution in [0.4, 0.5) is 0 Å². The number of hydrogen-bond acceptors (Lipinski definition) is 0. The van der Waals surface area contributed by atoms with Gasteiger partial charge in [0, 0.05) is 8.07 Å². The molecule has 16 fully saturated rings. The Hall–Kier alpha value is 0.513. The summed E-state index contributed by atoms with van der Waals surface area (Å²) in [6.07, 6.45) is 42.9. The number of hydrogen-bond donors (Lipinski definition) is 0. The van der Waals surface area contributed by atoms with Crippen LogP contribution in [-0.2, 0) is 29.4 Å². The van der Waals surface area contributed by atoms with Crippen molar-refractivity contribution in [3.8, 4) is 0 Å². The average molecular weight is 959 g/mol. The third kappa shape index (κ3) is 7.60. The van der Waals surface area contributed by atoms with Gasteiger partial charge in [0.1, 0.15) is 0 Å². The molecule has 16 bridgehead atoms. The quantitative estimate of drug-likeness (QED) is 0.126. The first kappa shape index (κ1) is 44.7. The van der Waals surface area contributed by atoms with Crippen LogP contribution in [0.2, 0.25) is 39.3 Å². The van der Waals surface area contributed by atoms with Crippen LogP contribution < -0.4 is 10.4 Å². The van der Waals surface area contributed by atoms with E-state index in [1.807, 2.05) is 35.5 Å². The van der Waals surface area contributed by atoms with Gasteiger partial charge < -0.3 is 0 Å². The van der Waals surface area contributed by atoms with E-state index >= 15 is 0 Å². The first-order valence-electron chi connectivity index (χ1n) is 27.7. The van der Waals surface area contributed by atoms with E-state index in [2.05, 4.69) is 61.7 Å². The molecule has 0 saturated heterocycles. The average Bonchev–Trinajstić information content (AvgIpc) is 3.86. The summed E-state index contributed by atoms with van der Waals surface area (Å²) in [7, 11) is -3.16. The van der Waals surface area contributed by atoms with Crippen LogP contribution in [-0.4, -0.2) is 36.8 Å². The summed E-state index contributed by atoms with van der Waals surface area (Å²) in [5, 5.41) is 7.07. The van der Waals surface area contributed by atoms with Crippen molar-refractivity contribution < 1.29 is 17.1 Å². The van der Waals surface area contributed by atoms with E-state index in [0.29, 0.717) is 0 Å². The summed E-state index contributed by atoms with van der Waals surface area (Å²) in [6.45, 7) is 16.8. The molecule has 0 N–H and O–H groups in total. The molecular weight excluding hydrogens is 871 g/mol. The van der Waals surface area contributed by atoms with E-state index in [-0.39, 0.29) is 32.9 Å². The standard InChI is InChI=1S/C53H83P2Si2.C5H5.Fe/c1-56(2,3)48-19-46(32-54(50-20-34-7-35(21-50)9-36(8-34)22-50)51-23-37-10-38(24-51)12-39(11-37)25-51)47(49(48)57(4,5)6)33-55(52-26-40-13-41(27-52)15-42(14-40)28-52)53-29-43-16-44(30-53)18-45(17-43)31-53;1-2-4-5-3-1;/h19,34-45H,7-18,20-33H2,1-6H3;1-5H;/q2*-1;+2. The summed E-state index contributed by atoms with van der Waals surface area (Å²) < 4.78 is 0. The summed E-state index contributed by atoms with van der Waals surface area (Å²) in [5.41, 5.74) is 4.22. The fraction of sp³-hybridized carbons (Fsp3) is 0.828. The zero-order valence-electron chi connectivity index (χ0n) is 41.0. The summed E-state index contributed by atoms with van der Waals surface area (Å²) in [6, 6.07) is 13.1. The zero-order valence-corrected chi connectivity index (χ0v) is 45.9. The Balaban J connectivity index is 0.000000660. The monoisotopic (exact) mass is 959 g/mol. The Kier molecular flexibility index (Phi) is 11.2. The van der Waals surface area contributed by atoms with Crippen molar-refractivity contribution in [3.63, 3.8) is 0 Å². The van der Waals surface area contributed by atoms with Crippen LogP contribution in [0.25, 0.3) is 0 Å². The molecule has 0 aliphatic heterocycles. The molecule has 0 heterocycles. The third-order valence-corrected chi connectivity index (χ3v) is 34.7. The molecule has 2 aromatic carbocycles. The van der Waals surface area contributed by atoms with E-state index < -0.39 is 16.1 Å². The largest absolute Gasteiger partial charge is 2.00 e. The Labute approximate surface area is 401 Å². The van der Waals surface area contributed by atoms with Gasteiger partial charge in [-0.25, -0.2) is 18.2 Å². The van der Waals surface area contributed by atoms with Gasteiger partial charge in [-0.2, -0.15) is 39.7 Å². The minimum Gasteiger partial charge on any atom is -0.214 e. The van der Waals surface area contributed by atoms with Gasteiger partial charge >= 0.3 is 17.1 Å². The van der Waals surface area contributed by atoms with Crippen LogP contribution in [0.3, 0.4) is 0 Å². The summed E-state index contributed by atoms with van der Waals surface area (Å²) >= 11 is 0. The topological polar surface area (TPSA) is 0 Å². The van der Waals surface area contributed by atoms with Gasteiger partial charge in [-0.15, -0.1) is 7.92 Å². The Morgan fingerprint density at radius 3 is 0.952 bits per heavy atom. The van der Waals surface area contributed by atoms with Crippen molar-refractivity contribution in [2.24, 2.45) is 71.0 Å². The normalized spacial score (nSPS) is 47.7. The second-order valence-electron chi connectivity index (χ2n) is 29.1. The predicted molar refractivity (Wildman–Crippen MR) is 275 cm³/mol. The van der Waals surface area contributed by atoms with Gasteiger partial charge in [-0.3, -0.25) is 0 Å². The van der Waals surface area contributed by atoms with Crippen molar-refractivity contribution in [1.29, 1.82) is 0 Å². The van der Waals surface area contributed by atoms with E-state index in [9.17, 15) is 0 Å². The van der Waals surface area contributed by atoms with Crippen LogP contribution in [0.1, 0.15) is 165 Å². The summed E-state index contributed by atoms with van der Waals surface area (Å²) in [5.74, 6) is 13.2. The fourth-order valence-corrected chi connectivity index (χ4v) is 38.7. The van der Waals surface area contributed by atoms with Crippen molar-refractivity contribution in [2.75, 3.05) is 0 Å². The Morgan fingerprint density at radius 1 is 0.460 bits per heavy atom. The summed E-state index contributed by atoms with van der Waals surface area (Å²) in [4.78, 5) is 0. The third-order valence-electron chi connectivity index (χ3n) is 22.3. The predicted octanol–water partition coefficient (Wildman–Crippen LogP) is 15.7. The molecule has 0 atom stereocenters. The molecule has 0 nitrogen and oxygen atoms in total. The van der Waals surface area contributed by atoms with Crippen molar-refractivity contribution in [1.82, 2.24) is 0 Å². The fourth-order valence-electron chi connectivity index (χ4n) is 22.3. The van der Waals surface area contributed by atoms with Crippen molar-refractivity contribution >= 4 is 42.4 Å². The van der Waals surface area contributed by atoms with E-state index in [4.69, 9.17) is 0 Å². The van der Waals surface area contributed by atoms with Crippen molar-refractivity contribution in [3.05, 3.63) is 47.5 Å². The van der Waals surface area contributed by atoms with Crippen LogP contribution >= 0.6 is 15.8 Å². The molecular formula is C58H88FeP2Si2. The van der Waals surface area contributed by atoms with Gasteiger partial charge in [0.25, 0.3) is 0 Å². The molecule has 16 aliphatic rings. The van der Waals surface area contributed by atoms with E-state index in [1.54, 1.807) is 166 Å². The first-order chi connectivity index (χ1) is 29.6. The Morgan fingerprint density at radius 2 is 0.730 bits per heavy atom. The molecule has 2 aromatic rings. The van der Waals surface area contributed by atoms with Gasteiger partial charge in [0.15, 0.2) is 0 Å². The molecule has 18 rings (SSSR count). The smallest absolute Gasteiger partial charge is 0.214 e. The van der Waals surface area contributed by atoms with E-state index in [0.717, 1.165) is 91.6 Å². The maximum Gasteiger partial charge on any atom is 2.00 e. The van der Waals surface area contributed by atoms with E-state index in [1.165, 1.54) is 0 Å². The molecule has 0 unspecified atom stereocenters. The van der Waals surface area contributed by atoms with Gasteiger partial charge in [0.05, 0.1) is 8.07 Å². The molecule has 0 amide bonds. The molecule has 63 heavy (non-hydrogen) atoms. The first-order valence-corrected chi connectivity index (χ1v) is 37.7. The molecule has 0 aromatic heterocycles. The molecule has 16 saturated carbocycles. The minimum atomic E-state index is -1.59. The maximum absolute atomic E-state index is 3.12. The minimum absolute atomic E-state index is 0. The molecule has 5 heteroatoms. The van der Waals surface area contributed by atoms with Gasteiger partial charge in [0.2, 0.25) is 0 Å². The molecule has 0 radical (unpaired) electrons. The van der Waals surface area contributed by atoms with Gasteiger partial charge in [-0.1, -0.05) is 53.4 Å². The zero-order chi connectivity index (χ0) is 42.0. The van der Waals surface area contributed by atoms with Crippen LogP contribution in [0, 0.1) is 71.0 Å². The van der Waals surface area contributed by atoms with Crippen LogP contribution in [0.15, 0.2) is 36.4 Å². The molecule has 0 spiro atoms.